The third-order valence-electron chi connectivity index (χ3n) is 1.88. The number of hydrogen-bond acceptors (Lipinski definition) is 2. The molecule has 17 heavy (non-hydrogen) atoms. The number of rotatable bonds is 4. The maximum Gasteiger partial charge on any atom is 0.263 e. The van der Waals surface area contributed by atoms with Gasteiger partial charge in [0.15, 0.2) is 0 Å². The van der Waals surface area contributed by atoms with Gasteiger partial charge in [-0.25, -0.2) is 8.78 Å². The van der Waals surface area contributed by atoms with Gasteiger partial charge in [-0.3, -0.25) is 0 Å². The summed E-state index contributed by atoms with van der Waals surface area (Å²) in [6.07, 6.45) is 0.325. The van der Waals surface area contributed by atoms with Gasteiger partial charge < -0.3 is 4.84 Å². The molecule has 0 unspecified atom stereocenters. The van der Waals surface area contributed by atoms with Gasteiger partial charge in [0.1, 0.15) is 12.8 Å². The second kappa shape index (κ2) is 5.75. The number of alkyl halides is 2. The van der Waals surface area contributed by atoms with Crippen LogP contribution in [-0.2, 0) is 11.4 Å². The van der Waals surface area contributed by atoms with Crippen LogP contribution < -0.4 is 0 Å². The van der Waals surface area contributed by atoms with Crippen LogP contribution in [0.25, 0.3) is 0 Å². The molecule has 0 N–H and O–H groups in total. The first-order valence-electron chi connectivity index (χ1n) is 5.34. The van der Waals surface area contributed by atoms with E-state index in [-0.39, 0.29) is 17.6 Å². The number of nitrogens with zero attached hydrogens (tertiary/aromatic N) is 1. The van der Waals surface area contributed by atoms with Crippen molar-refractivity contribution in [2.24, 2.45) is 10.6 Å². The zero-order valence-corrected chi connectivity index (χ0v) is 10.2. The molecule has 0 aliphatic carbocycles. The topological polar surface area (TPSA) is 21.6 Å². The van der Waals surface area contributed by atoms with Crippen molar-refractivity contribution < 1.29 is 13.6 Å². The van der Waals surface area contributed by atoms with Gasteiger partial charge in [0.25, 0.3) is 6.43 Å². The lowest BCUT2D eigenvalue weighted by molar-refractivity contribution is 0.128. The lowest BCUT2D eigenvalue weighted by Gasteiger charge is -2.08. The lowest BCUT2D eigenvalue weighted by atomic mass is 10.00. The summed E-state index contributed by atoms with van der Waals surface area (Å²) in [5.41, 5.74) is 0.488. The van der Waals surface area contributed by atoms with Gasteiger partial charge >= 0.3 is 0 Å². The first-order chi connectivity index (χ1) is 7.88. The maximum absolute atomic E-state index is 12.4. The summed E-state index contributed by atoms with van der Waals surface area (Å²) in [6, 6.07) is 6.10. The molecular formula is C13H16F2NO. The van der Waals surface area contributed by atoms with Crippen LogP contribution >= 0.6 is 0 Å². The van der Waals surface area contributed by atoms with E-state index in [4.69, 9.17) is 4.84 Å². The highest BCUT2D eigenvalue weighted by Crippen LogP contribution is 2.19. The molecule has 0 bridgehead atoms. The van der Waals surface area contributed by atoms with Crippen LogP contribution in [-0.4, -0.2) is 6.21 Å². The van der Waals surface area contributed by atoms with E-state index < -0.39 is 6.43 Å². The summed E-state index contributed by atoms with van der Waals surface area (Å²) < 4.78 is 24.8. The molecule has 1 aromatic carbocycles. The number of benzene rings is 1. The predicted octanol–water partition coefficient (Wildman–Crippen LogP) is 4.05. The molecule has 1 rings (SSSR count). The first kappa shape index (κ1) is 13.6. The molecule has 93 valence electrons. The van der Waals surface area contributed by atoms with Crippen LogP contribution in [0.3, 0.4) is 0 Å². The summed E-state index contributed by atoms with van der Waals surface area (Å²) in [7, 11) is 0. The molecule has 4 heteroatoms. The molecule has 0 spiro atoms. The number of halogens is 2. The van der Waals surface area contributed by atoms with Crippen molar-refractivity contribution in [1.82, 2.24) is 0 Å². The third-order valence-corrected chi connectivity index (χ3v) is 1.88. The third kappa shape index (κ3) is 5.43. The van der Waals surface area contributed by atoms with E-state index in [9.17, 15) is 8.78 Å². The maximum atomic E-state index is 12.4. The van der Waals surface area contributed by atoms with Gasteiger partial charge in [-0.2, -0.15) is 0 Å². The average Bonchev–Trinajstić information content (AvgIpc) is 2.23. The second-order valence-corrected chi connectivity index (χ2v) is 4.77. The normalized spacial score (nSPS) is 12.4. The van der Waals surface area contributed by atoms with Crippen molar-refractivity contribution in [2.45, 2.75) is 33.8 Å². The highest BCUT2D eigenvalue weighted by Gasteiger charge is 2.08. The van der Waals surface area contributed by atoms with Gasteiger partial charge in [0, 0.05) is 11.0 Å². The monoisotopic (exact) mass is 240 g/mol. The van der Waals surface area contributed by atoms with E-state index >= 15 is 0 Å². The summed E-state index contributed by atoms with van der Waals surface area (Å²) >= 11 is 0. The minimum atomic E-state index is -2.46. The van der Waals surface area contributed by atoms with Crippen LogP contribution in [0.4, 0.5) is 8.78 Å². The van der Waals surface area contributed by atoms with E-state index in [1.807, 2.05) is 20.8 Å². The van der Waals surface area contributed by atoms with Gasteiger partial charge in [0.05, 0.1) is 0 Å². The Bertz CT molecular complexity index is 383. The largest absolute Gasteiger partial charge is 0.391 e. The molecule has 0 saturated heterocycles. The molecule has 0 fully saturated rings. The van der Waals surface area contributed by atoms with Crippen molar-refractivity contribution in [3.63, 3.8) is 0 Å². The average molecular weight is 240 g/mol. The Kier molecular flexibility index (Phi) is 4.61. The van der Waals surface area contributed by atoms with E-state index in [0.717, 1.165) is 0 Å². The molecule has 0 amide bonds. The molecule has 0 atom stereocenters. The Morgan fingerprint density at radius 3 is 2.65 bits per heavy atom. The van der Waals surface area contributed by atoms with Crippen molar-refractivity contribution in [1.29, 1.82) is 0 Å². The van der Waals surface area contributed by atoms with Gasteiger partial charge in [-0.15, -0.1) is 0 Å². The quantitative estimate of drug-likeness (QED) is 0.574. The van der Waals surface area contributed by atoms with Crippen molar-refractivity contribution in [3.8, 4) is 0 Å². The Balaban J connectivity index is 2.52. The van der Waals surface area contributed by atoms with Crippen molar-refractivity contribution in [3.05, 3.63) is 35.4 Å². The van der Waals surface area contributed by atoms with Gasteiger partial charge in [-0.05, 0) is 11.6 Å². The van der Waals surface area contributed by atoms with E-state index in [1.165, 1.54) is 12.1 Å². The highest BCUT2D eigenvalue weighted by molar-refractivity contribution is 5.63. The lowest BCUT2D eigenvalue weighted by Crippen LogP contribution is -2.06. The first-order valence-corrected chi connectivity index (χ1v) is 5.34. The highest BCUT2D eigenvalue weighted by atomic mass is 19.3. The molecule has 0 saturated carbocycles. The zero-order chi connectivity index (χ0) is 12.9. The minimum absolute atomic E-state index is 0.00474. The van der Waals surface area contributed by atoms with Crippen LogP contribution in [0.2, 0.25) is 0 Å². The Morgan fingerprint density at radius 1 is 1.35 bits per heavy atom. The van der Waals surface area contributed by atoms with E-state index in [2.05, 4.69) is 11.4 Å². The van der Waals surface area contributed by atoms with Crippen LogP contribution in [0, 0.1) is 5.41 Å². The fourth-order valence-corrected chi connectivity index (χ4v) is 1.09. The fourth-order valence-electron chi connectivity index (χ4n) is 1.09. The van der Waals surface area contributed by atoms with Crippen LogP contribution in [0.15, 0.2) is 29.4 Å². The molecule has 0 aliphatic heterocycles. The molecule has 1 aromatic rings. The zero-order valence-electron chi connectivity index (χ0n) is 10.2. The SMILES string of the molecule is CC(C)(C)/[C]=N\OCc1cccc(C(F)F)c1. The molecular weight excluding hydrogens is 224 g/mol. The van der Waals surface area contributed by atoms with Crippen LogP contribution in [0.1, 0.15) is 38.3 Å². The summed E-state index contributed by atoms with van der Waals surface area (Å²) in [4.78, 5) is 5.00. The second-order valence-electron chi connectivity index (χ2n) is 4.77. The molecule has 0 heterocycles. The fraction of sp³-hybridized carbons (Fsp3) is 0.462. The van der Waals surface area contributed by atoms with Crippen molar-refractivity contribution >= 4 is 6.21 Å². The van der Waals surface area contributed by atoms with Gasteiger partial charge in [0.2, 0.25) is 0 Å². The Morgan fingerprint density at radius 2 is 2.06 bits per heavy atom. The molecule has 2 nitrogen and oxygen atoms in total. The molecule has 0 aromatic heterocycles. The molecule has 0 aliphatic rings. The molecule has 1 radical (unpaired) electrons. The Hall–Kier alpha value is -1.45. The number of hydrogen-bond donors (Lipinski definition) is 0. The van der Waals surface area contributed by atoms with E-state index in [0.29, 0.717) is 5.56 Å². The van der Waals surface area contributed by atoms with Gasteiger partial charge in [-0.1, -0.05) is 44.1 Å². The minimum Gasteiger partial charge on any atom is -0.391 e. The van der Waals surface area contributed by atoms with E-state index in [1.54, 1.807) is 12.1 Å². The van der Waals surface area contributed by atoms with Crippen LogP contribution in [0.5, 0.6) is 0 Å². The summed E-state index contributed by atoms with van der Waals surface area (Å²) in [5.74, 6) is 0. The predicted molar refractivity (Wildman–Crippen MR) is 63.1 cm³/mol. The summed E-state index contributed by atoms with van der Waals surface area (Å²) in [5, 5.41) is 3.67. The standard InChI is InChI=1S/C13H16F2NO/c1-13(2,3)9-16-17-8-10-5-4-6-11(7-10)12(14)15/h4-7,12H,8H2,1-3H3. The Labute approximate surface area is 100 Å². The smallest absolute Gasteiger partial charge is 0.263 e. The van der Waals surface area contributed by atoms with Crippen molar-refractivity contribution in [2.75, 3.05) is 0 Å². The summed E-state index contributed by atoms with van der Waals surface area (Å²) in [6.45, 7) is 6.00.